The van der Waals surface area contributed by atoms with Crippen LogP contribution in [0.5, 0.6) is 23.0 Å². The average molecular weight is 861 g/mol. The van der Waals surface area contributed by atoms with Crippen molar-refractivity contribution in [3.63, 3.8) is 0 Å². The Kier molecular flexibility index (Phi) is 21.1. The van der Waals surface area contributed by atoms with E-state index >= 15 is 0 Å². The molecule has 62 heavy (non-hydrogen) atoms. The first kappa shape index (κ1) is 54.0. The third kappa shape index (κ3) is 14.3. The van der Waals surface area contributed by atoms with Crippen LogP contribution in [-0.4, -0.2) is 21.4 Å². The van der Waals surface area contributed by atoms with Gasteiger partial charge in [-0.15, -0.1) is 0 Å². The van der Waals surface area contributed by atoms with Crippen molar-refractivity contribution < 1.29 is 19.7 Å². The number of aromatic hydroxyl groups is 2. The van der Waals surface area contributed by atoms with E-state index in [1.807, 2.05) is 27.7 Å². The molecule has 2 aromatic carbocycles. The summed E-state index contributed by atoms with van der Waals surface area (Å²) < 4.78 is 13.2. The van der Waals surface area contributed by atoms with Gasteiger partial charge in [0.05, 0.1) is 0 Å². The van der Waals surface area contributed by atoms with E-state index in [2.05, 4.69) is 96.9 Å². The van der Waals surface area contributed by atoms with Gasteiger partial charge in [0, 0.05) is 23.0 Å². The molecule has 4 rings (SSSR count). The number of ether oxygens (including phenoxy) is 2. The largest absolute Gasteiger partial charge is 0.507 e. The van der Waals surface area contributed by atoms with Crippen molar-refractivity contribution in [1.82, 2.24) is 0 Å². The molecule has 0 saturated carbocycles. The Bertz CT molecular complexity index is 1560. The predicted molar refractivity (Wildman–Crippen MR) is 269 cm³/mol. The zero-order valence-corrected chi connectivity index (χ0v) is 44.1. The predicted octanol–water partition coefficient (Wildman–Crippen LogP) is 18.0. The molecule has 0 saturated heterocycles. The lowest BCUT2D eigenvalue weighted by atomic mass is 9.80. The fraction of sp³-hybridized carbons (Fsp3) is 0.793. The van der Waals surface area contributed by atoms with Crippen LogP contribution in [-0.2, 0) is 0 Å². The standard InChI is InChI=1S/2C29H50O2/c2*1-19(2)13-10-14-20(3)15-11-16-21(4)17-12-18-29(9)25(8)26-24(7)27(30)22(5)23(6)28(26)31-29/h2*19-21,25,30H,10-18H2,1-9H3/t2*20?,21?,25-,29-/m10/s1. The van der Waals surface area contributed by atoms with E-state index in [9.17, 15) is 10.2 Å². The number of phenols is 2. The summed E-state index contributed by atoms with van der Waals surface area (Å²) >= 11 is 0. The van der Waals surface area contributed by atoms with Crippen molar-refractivity contribution >= 4 is 0 Å². The van der Waals surface area contributed by atoms with E-state index in [1.165, 1.54) is 114 Å². The number of benzene rings is 2. The minimum atomic E-state index is -0.164. The summed E-state index contributed by atoms with van der Waals surface area (Å²) in [5.41, 5.74) is 8.25. The van der Waals surface area contributed by atoms with Crippen molar-refractivity contribution in [3.05, 3.63) is 44.5 Å². The summed E-state index contributed by atoms with van der Waals surface area (Å²) in [6, 6.07) is 0. The van der Waals surface area contributed by atoms with Crippen LogP contribution in [0.3, 0.4) is 0 Å². The topological polar surface area (TPSA) is 58.9 Å². The maximum Gasteiger partial charge on any atom is 0.127 e. The van der Waals surface area contributed by atoms with Crippen molar-refractivity contribution in [3.8, 4) is 23.0 Å². The zero-order chi connectivity index (χ0) is 46.7. The number of phenolic OH excluding ortho intramolecular Hbond substituents is 2. The number of hydrogen-bond acceptors (Lipinski definition) is 4. The van der Waals surface area contributed by atoms with Crippen molar-refractivity contribution in [2.45, 2.75) is 263 Å². The highest BCUT2D eigenvalue weighted by molar-refractivity contribution is 5.62. The molecule has 2 aromatic rings. The van der Waals surface area contributed by atoms with E-state index < -0.39 is 0 Å². The summed E-state index contributed by atoms with van der Waals surface area (Å²) in [6.45, 7) is 40.4. The van der Waals surface area contributed by atoms with Crippen molar-refractivity contribution in [1.29, 1.82) is 0 Å². The first-order valence-corrected chi connectivity index (χ1v) is 26.0. The Hall–Kier alpha value is -2.36. The van der Waals surface area contributed by atoms with Crippen LogP contribution >= 0.6 is 0 Å². The molecule has 2 N–H and O–H groups in total. The molecular weight excluding hydrogens is 761 g/mol. The molecule has 0 spiro atoms. The van der Waals surface area contributed by atoms with Gasteiger partial charge in [-0.05, 0) is 150 Å². The summed E-state index contributed by atoms with van der Waals surface area (Å²) in [5.74, 6) is 8.61. The van der Waals surface area contributed by atoms with Crippen LogP contribution in [0.4, 0.5) is 0 Å². The summed E-state index contributed by atoms with van der Waals surface area (Å²) in [5, 5.41) is 21.1. The average Bonchev–Trinajstić information content (AvgIpc) is 3.62. The van der Waals surface area contributed by atoms with Crippen LogP contribution in [0, 0.1) is 77.0 Å². The summed E-state index contributed by atoms with van der Waals surface area (Å²) in [4.78, 5) is 0. The lowest BCUT2D eigenvalue weighted by molar-refractivity contribution is 0.0784. The molecule has 4 unspecified atom stereocenters. The second kappa shape index (κ2) is 24.2. The molecule has 4 heteroatoms. The fourth-order valence-corrected chi connectivity index (χ4v) is 10.9. The quantitative estimate of drug-likeness (QED) is 0.110. The van der Waals surface area contributed by atoms with Crippen LogP contribution in [0.15, 0.2) is 0 Å². The van der Waals surface area contributed by atoms with Gasteiger partial charge in [-0.3, -0.25) is 0 Å². The normalized spacial score (nSPS) is 22.5. The molecule has 0 aromatic heterocycles. The Morgan fingerprint density at radius 3 is 0.935 bits per heavy atom. The number of rotatable bonds is 24. The van der Waals surface area contributed by atoms with Crippen LogP contribution < -0.4 is 9.47 Å². The van der Waals surface area contributed by atoms with Gasteiger partial charge in [0.1, 0.15) is 34.2 Å². The highest BCUT2D eigenvalue weighted by Gasteiger charge is 2.45. The minimum Gasteiger partial charge on any atom is -0.507 e. The molecular formula is C58H100O4. The highest BCUT2D eigenvalue weighted by Crippen LogP contribution is 2.54. The fourth-order valence-electron chi connectivity index (χ4n) is 10.9. The molecule has 2 heterocycles. The van der Waals surface area contributed by atoms with Crippen LogP contribution in [0.1, 0.15) is 255 Å². The highest BCUT2D eigenvalue weighted by atomic mass is 16.5. The first-order valence-electron chi connectivity index (χ1n) is 26.0. The number of fused-ring (bicyclic) bond motifs is 2. The van der Waals surface area contributed by atoms with Gasteiger partial charge in [0.25, 0.3) is 0 Å². The van der Waals surface area contributed by atoms with Gasteiger partial charge in [-0.25, -0.2) is 0 Å². The molecule has 356 valence electrons. The van der Waals surface area contributed by atoms with Crippen molar-refractivity contribution in [2.75, 3.05) is 0 Å². The molecule has 4 nitrogen and oxygen atoms in total. The van der Waals surface area contributed by atoms with Gasteiger partial charge >= 0.3 is 0 Å². The van der Waals surface area contributed by atoms with E-state index in [0.717, 1.165) is 93.2 Å². The molecule has 0 bridgehead atoms. The molecule has 2 aliphatic rings. The minimum absolute atomic E-state index is 0.164. The lowest BCUT2D eigenvalue weighted by Gasteiger charge is -2.29. The van der Waals surface area contributed by atoms with Crippen molar-refractivity contribution in [2.24, 2.45) is 35.5 Å². The van der Waals surface area contributed by atoms with Gasteiger partial charge in [0.15, 0.2) is 0 Å². The van der Waals surface area contributed by atoms with Gasteiger partial charge in [0.2, 0.25) is 0 Å². The van der Waals surface area contributed by atoms with E-state index in [0.29, 0.717) is 23.3 Å². The van der Waals surface area contributed by atoms with E-state index in [1.54, 1.807) is 0 Å². The van der Waals surface area contributed by atoms with Gasteiger partial charge < -0.3 is 19.7 Å². The molecule has 8 atom stereocenters. The Morgan fingerprint density at radius 1 is 0.403 bits per heavy atom. The Morgan fingerprint density at radius 2 is 0.661 bits per heavy atom. The first-order chi connectivity index (χ1) is 28.9. The second-order valence-corrected chi connectivity index (χ2v) is 22.9. The van der Waals surface area contributed by atoms with E-state index in [4.69, 9.17) is 9.47 Å². The SMILES string of the molecule is Cc1c(C)c2c(c(C)c1O)[C@@H](C)[C@@](C)(CCCC(C)CCCC(C)CCCC(C)C)O2.Cc1c(C)c2c(c(C)c1O)[C@H](C)[C@](C)(CCCC(C)CCCC(C)CCCC(C)C)O2. The number of hydrogen-bond donors (Lipinski definition) is 2. The molecule has 0 radical (unpaired) electrons. The van der Waals surface area contributed by atoms with Gasteiger partial charge in [-0.1, -0.05) is 159 Å². The smallest absolute Gasteiger partial charge is 0.127 e. The maximum atomic E-state index is 10.5. The Balaban J connectivity index is 0.000000330. The van der Waals surface area contributed by atoms with Gasteiger partial charge in [-0.2, -0.15) is 0 Å². The van der Waals surface area contributed by atoms with E-state index in [-0.39, 0.29) is 11.2 Å². The lowest BCUT2D eigenvalue weighted by Crippen LogP contribution is -2.33. The monoisotopic (exact) mass is 861 g/mol. The molecule has 2 aliphatic heterocycles. The molecule has 0 fully saturated rings. The maximum absolute atomic E-state index is 10.5. The summed E-state index contributed by atoms with van der Waals surface area (Å²) in [7, 11) is 0. The zero-order valence-electron chi connectivity index (χ0n) is 44.1. The molecule has 0 aliphatic carbocycles. The second-order valence-electron chi connectivity index (χ2n) is 22.9. The third-order valence-corrected chi connectivity index (χ3v) is 16.4. The van der Waals surface area contributed by atoms with Crippen LogP contribution in [0.2, 0.25) is 0 Å². The Labute approximate surface area is 384 Å². The van der Waals surface area contributed by atoms with Crippen LogP contribution in [0.25, 0.3) is 0 Å². The third-order valence-electron chi connectivity index (χ3n) is 16.4. The summed E-state index contributed by atoms with van der Waals surface area (Å²) in [6.07, 6.45) is 23.7. The molecule has 0 amide bonds.